The van der Waals surface area contributed by atoms with Crippen molar-refractivity contribution in [3.63, 3.8) is 0 Å². The van der Waals surface area contributed by atoms with Crippen molar-refractivity contribution in [3.05, 3.63) is 28.2 Å². The van der Waals surface area contributed by atoms with Gasteiger partial charge in [-0.3, -0.25) is 4.90 Å². The number of nitrogens with zero attached hydrogens (tertiary/aromatic N) is 2. The first-order valence-corrected chi connectivity index (χ1v) is 6.65. The number of anilines is 1. The maximum atomic E-state index is 12.2. The zero-order chi connectivity index (χ0) is 12.6. The lowest BCUT2D eigenvalue weighted by molar-refractivity contribution is 0.218. The maximum absolute atomic E-state index is 12.2. The third-order valence-electron chi connectivity index (χ3n) is 3.47. The first-order valence-electron chi connectivity index (χ1n) is 5.85. The molecule has 1 saturated heterocycles. The second kappa shape index (κ2) is 4.69. The molecule has 1 aromatic carbocycles. The summed E-state index contributed by atoms with van der Waals surface area (Å²) < 4.78 is 1.05. The largest absolute Gasteiger partial charge is 0.324 e. The molecule has 92 valence electrons. The van der Waals surface area contributed by atoms with E-state index in [1.807, 2.05) is 42.0 Å². The lowest BCUT2D eigenvalue weighted by atomic mass is 10.1. The molecule has 1 aliphatic rings. The maximum Gasteiger partial charge on any atom is 0.324 e. The minimum atomic E-state index is 0.0954. The molecule has 0 aliphatic carbocycles. The lowest BCUT2D eigenvalue weighted by Gasteiger charge is -2.18. The van der Waals surface area contributed by atoms with Crippen molar-refractivity contribution in [3.8, 4) is 0 Å². The van der Waals surface area contributed by atoms with Gasteiger partial charge >= 0.3 is 6.03 Å². The van der Waals surface area contributed by atoms with Crippen LogP contribution >= 0.6 is 15.9 Å². The molecular weight excluding hydrogens is 280 g/mol. The van der Waals surface area contributed by atoms with Gasteiger partial charge in [0.05, 0.1) is 6.04 Å². The van der Waals surface area contributed by atoms with Gasteiger partial charge in [0.15, 0.2) is 0 Å². The topological polar surface area (TPSA) is 23.6 Å². The van der Waals surface area contributed by atoms with E-state index in [0.29, 0.717) is 6.04 Å². The van der Waals surface area contributed by atoms with Crippen LogP contribution in [-0.4, -0.2) is 30.6 Å². The summed E-state index contributed by atoms with van der Waals surface area (Å²) in [7, 11) is 1.88. The number of halogens is 1. The number of urea groups is 1. The minimum Gasteiger partial charge on any atom is -0.323 e. The van der Waals surface area contributed by atoms with Gasteiger partial charge in [-0.05, 0) is 31.0 Å². The van der Waals surface area contributed by atoms with Gasteiger partial charge in [0.25, 0.3) is 0 Å². The number of rotatable bonds is 2. The third kappa shape index (κ3) is 2.06. The molecule has 1 unspecified atom stereocenters. The van der Waals surface area contributed by atoms with Crippen molar-refractivity contribution >= 4 is 27.6 Å². The fraction of sp³-hybridized carbons (Fsp3) is 0.462. The van der Waals surface area contributed by atoms with Crippen molar-refractivity contribution in [2.45, 2.75) is 26.3 Å². The normalized spacial score (nSPS) is 20.2. The number of hydrogen-bond acceptors (Lipinski definition) is 1. The molecular formula is C13H17BrN2O. The van der Waals surface area contributed by atoms with Crippen LogP contribution in [0.15, 0.2) is 22.7 Å². The van der Waals surface area contributed by atoms with Gasteiger partial charge in [-0.25, -0.2) is 4.79 Å². The van der Waals surface area contributed by atoms with Crippen LogP contribution in [0, 0.1) is 6.92 Å². The average molecular weight is 297 g/mol. The SMILES string of the molecule is CCC1CN(c2cccc(Br)c2C)C(=O)N1C. The molecule has 1 aliphatic heterocycles. The highest BCUT2D eigenvalue weighted by Gasteiger charge is 2.34. The van der Waals surface area contributed by atoms with Gasteiger partial charge in [-0.15, -0.1) is 0 Å². The first-order chi connectivity index (χ1) is 8.06. The highest BCUT2D eigenvalue weighted by atomic mass is 79.9. The Morgan fingerprint density at radius 2 is 2.18 bits per heavy atom. The van der Waals surface area contributed by atoms with E-state index < -0.39 is 0 Å². The summed E-state index contributed by atoms with van der Waals surface area (Å²) in [6.07, 6.45) is 0.992. The zero-order valence-corrected chi connectivity index (χ0v) is 12.0. The molecule has 1 atom stereocenters. The fourth-order valence-corrected chi connectivity index (χ4v) is 2.61. The summed E-state index contributed by atoms with van der Waals surface area (Å²) in [4.78, 5) is 15.9. The van der Waals surface area contributed by atoms with E-state index >= 15 is 0 Å². The van der Waals surface area contributed by atoms with Gasteiger partial charge in [-0.1, -0.05) is 28.9 Å². The van der Waals surface area contributed by atoms with E-state index in [-0.39, 0.29) is 6.03 Å². The van der Waals surface area contributed by atoms with E-state index in [4.69, 9.17) is 0 Å². The molecule has 0 bridgehead atoms. The summed E-state index contributed by atoms with van der Waals surface area (Å²) in [5.41, 5.74) is 2.12. The van der Waals surface area contributed by atoms with Crippen LogP contribution in [0.3, 0.4) is 0 Å². The van der Waals surface area contributed by atoms with Crippen LogP contribution in [0.2, 0.25) is 0 Å². The predicted molar refractivity (Wildman–Crippen MR) is 73.5 cm³/mol. The number of hydrogen-bond donors (Lipinski definition) is 0. The molecule has 17 heavy (non-hydrogen) atoms. The summed E-state index contributed by atoms with van der Waals surface area (Å²) >= 11 is 3.51. The quantitative estimate of drug-likeness (QED) is 0.820. The van der Waals surface area contributed by atoms with Gasteiger partial charge in [0, 0.05) is 23.8 Å². The van der Waals surface area contributed by atoms with Crippen LogP contribution in [-0.2, 0) is 0 Å². The van der Waals surface area contributed by atoms with Gasteiger partial charge in [-0.2, -0.15) is 0 Å². The average Bonchev–Trinajstić information content (AvgIpc) is 2.60. The monoisotopic (exact) mass is 296 g/mol. The molecule has 0 spiro atoms. The molecule has 2 rings (SSSR count). The Morgan fingerprint density at radius 1 is 1.47 bits per heavy atom. The van der Waals surface area contributed by atoms with Gasteiger partial charge in [0.1, 0.15) is 0 Å². The molecule has 0 N–H and O–H groups in total. The van der Waals surface area contributed by atoms with Crippen molar-refractivity contribution in [2.75, 3.05) is 18.5 Å². The lowest BCUT2D eigenvalue weighted by Crippen LogP contribution is -2.31. The number of amides is 2. The van der Waals surface area contributed by atoms with Gasteiger partial charge in [0.2, 0.25) is 0 Å². The Morgan fingerprint density at radius 3 is 2.76 bits per heavy atom. The Labute approximate surface area is 111 Å². The molecule has 0 saturated carbocycles. The number of benzene rings is 1. The van der Waals surface area contributed by atoms with E-state index in [0.717, 1.165) is 28.7 Å². The summed E-state index contributed by atoms with van der Waals surface area (Å²) in [5, 5.41) is 0. The molecule has 0 radical (unpaired) electrons. The van der Waals surface area contributed by atoms with Crippen LogP contribution in [0.1, 0.15) is 18.9 Å². The Hall–Kier alpha value is -1.03. The second-order valence-electron chi connectivity index (χ2n) is 4.45. The fourth-order valence-electron chi connectivity index (χ4n) is 2.25. The molecule has 2 amide bonds. The number of likely N-dealkylation sites (N-methyl/N-ethyl adjacent to an activating group) is 1. The van der Waals surface area contributed by atoms with Gasteiger partial charge < -0.3 is 4.90 Å². The first kappa shape index (κ1) is 12.4. The van der Waals surface area contributed by atoms with E-state index in [1.54, 1.807) is 0 Å². The molecule has 4 heteroatoms. The second-order valence-corrected chi connectivity index (χ2v) is 5.30. The van der Waals surface area contributed by atoms with Crippen molar-refractivity contribution in [2.24, 2.45) is 0 Å². The summed E-state index contributed by atoms with van der Waals surface area (Å²) in [6.45, 7) is 4.93. The van der Waals surface area contributed by atoms with Crippen LogP contribution in [0.25, 0.3) is 0 Å². The van der Waals surface area contributed by atoms with Crippen LogP contribution < -0.4 is 4.90 Å². The summed E-state index contributed by atoms with van der Waals surface area (Å²) in [6, 6.07) is 6.39. The highest BCUT2D eigenvalue weighted by molar-refractivity contribution is 9.10. The standard InChI is InChI=1S/C13H17BrN2O/c1-4-10-8-16(13(17)15(10)3)12-7-5-6-11(14)9(12)2/h5-7,10H,4,8H2,1-3H3. The zero-order valence-electron chi connectivity index (χ0n) is 10.4. The molecule has 1 aromatic rings. The van der Waals surface area contributed by atoms with Crippen LogP contribution in [0.5, 0.6) is 0 Å². The van der Waals surface area contributed by atoms with Crippen molar-refractivity contribution in [1.82, 2.24) is 4.90 Å². The van der Waals surface area contributed by atoms with E-state index in [2.05, 4.69) is 22.9 Å². The van der Waals surface area contributed by atoms with E-state index in [9.17, 15) is 4.79 Å². The highest BCUT2D eigenvalue weighted by Crippen LogP contribution is 2.30. The Balaban J connectivity index is 2.35. The molecule has 0 aromatic heterocycles. The molecule has 1 fully saturated rings. The Kier molecular flexibility index (Phi) is 3.43. The predicted octanol–water partition coefficient (Wildman–Crippen LogP) is 3.41. The van der Waals surface area contributed by atoms with E-state index in [1.165, 1.54) is 0 Å². The van der Waals surface area contributed by atoms with Crippen molar-refractivity contribution < 1.29 is 4.79 Å². The van der Waals surface area contributed by atoms with Crippen molar-refractivity contribution in [1.29, 1.82) is 0 Å². The Bertz CT molecular complexity index is 447. The number of carbonyl (C=O) groups is 1. The molecule has 1 heterocycles. The third-order valence-corrected chi connectivity index (χ3v) is 4.33. The summed E-state index contributed by atoms with van der Waals surface area (Å²) in [5.74, 6) is 0. The minimum absolute atomic E-state index is 0.0954. The van der Waals surface area contributed by atoms with Crippen LogP contribution in [0.4, 0.5) is 10.5 Å². The molecule has 3 nitrogen and oxygen atoms in total. The smallest absolute Gasteiger partial charge is 0.323 e. The number of carbonyl (C=O) groups excluding carboxylic acids is 1.